The number of hydrogen-bond acceptors (Lipinski definition) is 4. The van der Waals surface area contributed by atoms with Crippen LogP contribution in [0.1, 0.15) is 35.2 Å². The van der Waals surface area contributed by atoms with Crippen LogP contribution in [0.15, 0.2) is 24.3 Å². The van der Waals surface area contributed by atoms with Crippen LogP contribution in [0.5, 0.6) is 0 Å². The summed E-state index contributed by atoms with van der Waals surface area (Å²) >= 11 is 0. The maximum Gasteiger partial charge on any atom is 0.251 e. The van der Waals surface area contributed by atoms with Crippen LogP contribution in [0.3, 0.4) is 0 Å². The van der Waals surface area contributed by atoms with Crippen LogP contribution in [0.2, 0.25) is 0 Å². The molecule has 1 heterocycles. The van der Waals surface area contributed by atoms with Crippen LogP contribution in [-0.4, -0.2) is 38.3 Å². The predicted molar refractivity (Wildman–Crippen MR) is 80.0 cm³/mol. The molecule has 1 aliphatic heterocycles. The van der Waals surface area contributed by atoms with E-state index in [1.54, 1.807) is 24.3 Å². The fourth-order valence-electron chi connectivity index (χ4n) is 2.28. The number of nitriles is 1. The van der Waals surface area contributed by atoms with Gasteiger partial charge in [0.25, 0.3) is 5.91 Å². The van der Waals surface area contributed by atoms with Crippen molar-refractivity contribution in [1.29, 1.82) is 5.26 Å². The molecule has 5 nitrogen and oxygen atoms in total. The third-order valence-corrected chi connectivity index (χ3v) is 3.52. The van der Waals surface area contributed by atoms with E-state index in [9.17, 15) is 4.79 Å². The maximum atomic E-state index is 11.9. The summed E-state index contributed by atoms with van der Waals surface area (Å²) in [6.07, 6.45) is 3.31. The van der Waals surface area contributed by atoms with Crippen molar-refractivity contribution in [3.8, 4) is 6.07 Å². The monoisotopic (exact) mass is 287 g/mol. The Hall–Kier alpha value is -1.90. The minimum Gasteiger partial charge on any atom is -0.378 e. The van der Waals surface area contributed by atoms with Gasteiger partial charge in [0.05, 0.1) is 17.7 Å². The molecule has 0 bridgehead atoms. The first-order valence-corrected chi connectivity index (χ1v) is 7.40. The highest BCUT2D eigenvalue weighted by molar-refractivity contribution is 5.94. The van der Waals surface area contributed by atoms with Crippen molar-refractivity contribution in [2.24, 2.45) is 0 Å². The van der Waals surface area contributed by atoms with Crippen molar-refractivity contribution in [2.75, 3.05) is 26.2 Å². The van der Waals surface area contributed by atoms with E-state index in [0.29, 0.717) is 30.4 Å². The van der Waals surface area contributed by atoms with Gasteiger partial charge in [-0.25, -0.2) is 0 Å². The summed E-state index contributed by atoms with van der Waals surface area (Å²) in [6, 6.07) is 8.66. The van der Waals surface area contributed by atoms with Crippen LogP contribution < -0.4 is 10.6 Å². The summed E-state index contributed by atoms with van der Waals surface area (Å²) in [7, 11) is 0. The summed E-state index contributed by atoms with van der Waals surface area (Å²) in [6.45, 7) is 3.34. The molecule has 0 unspecified atom stereocenters. The largest absolute Gasteiger partial charge is 0.378 e. The van der Waals surface area contributed by atoms with Gasteiger partial charge < -0.3 is 15.4 Å². The van der Waals surface area contributed by atoms with E-state index in [1.807, 2.05) is 6.07 Å². The molecule has 112 valence electrons. The molecular formula is C16H21N3O2. The number of carbonyl (C=O) groups excluding carboxylic acids is 1. The SMILES string of the molecule is N#Cc1ccc(C(=O)NCCCOC2CCNCC2)cc1. The number of nitrogens with one attached hydrogen (secondary N) is 2. The van der Waals surface area contributed by atoms with Gasteiger partial charge in [-0.3, -0.25) is 4.79 Å². The Morgan fingerprint density at radius 2 is 2.05 bits per heavy atom. The molecule has 5 heteroatoms. The average molecular weight is 287 g/mol. The van der Waals surface area contributed by atoms with Gasteiger partial charge in [0.1, 0.15) is 0 Å². The van der Waals surface area contributed by atoms with Crippen molar-refractivity contribution in [3.05, 3.63) is 35.4 Å². The highest BCUT2D eigenvalue weighted by Crippen LogP contribution is 2.07. The Bertz CT molecular complexity index is 487. The molecule has 0 radical (unpaired) electrons. The molecular weight excluding hydrogens is 266 g/mol. The molecule has 1 aromatic carbocycles. The molecule has 1 aliphatic rings. The third kappa shape index (κ3) is 5.18. The number of ether oxygens (including phenoxy) is 1. The highest BCUT2D eigenvalue weighted by atomic mass is 16.5. The topological polar surface area (TPSA) is 74.2 Å². The Labute approximate surface area is 125 Å². The molecule has 0 saturated carbocycles. The summed E-state index contributed by atoms with van der Waals surface area (Å²) < 4.78 is 5.77. The van der Waals surface area contributed by atoms with Crippen molar-refractivity contribution in [3.63, 3.8) is 0 Å². The van der Waals surface area contributed by atoms with E-state index >= 15 is 0 Å². The molecule has 0 spiro atoms. The number of amides is 1. The number of rotatable bonds is 6. The Morgan fingerprint density at radius 1 is 1.33 bits per heavy atom. The zero-order valence-electron chi connectivity index (χ0n) is 12.1. The zero-order chi connectivity index (χ0) is 14.9. The maximum absolute atomic E-state index is 11.9. The number of hydrogen-bond donors (Lipinski definition) is 2. The standard InChI is InChI=1S/C16H21N3O2/c17-12-13-2-4-14(5-3-13)16(20)19-8-1-11-21-15-6-9-18-10-7-15/h2-5,15,18H,1,6-11H2,(H,19,20). The van der Waals surface area contributed by atoms with Gasteiger partial charge in [-0.2, -0.15) is 5.26 Å². The van der Waals surface area contributed by atoms with Gasteiger partial charge in [-0.15, -0.1) is 0 Å². The molecule has 1 aromatic rings. The van der Waals surface area contributed by atoms with Gasteiger partial charge in [-0.05, 0) is 56.6 Å². The lowest BCUT2D eigenvalue weighted by atomic mass is 10.1. The summed E-state index contributed by atoms with van der Waals surface area (Å²) in [5.74, 6) is -0.110. The van der Waals surface area contributed by atoms with E-state index in [1.165, 1.54) is 0 Å². The van der Waals surface area contributed by atoms with Gasteiger partial charge >= 0.3 is 0 Å². The molecule has 1 amide bonds. The molecule has 0 aromatic heterocycles. The molecule has 1 saturated heterocycles. The van der Waals surface area contributed by atoms with Crippen LogP contribution >= 0.6 is 0 Å². The minimum absolute atomic E-state index is 0.110. The fraction of sp³-hybridized carbons (Fsp3) is 0.500. The lowest BCUT2D eigenvalue weighted by molar-refractivity contribution is 0.0318. The Kier molecular flexibility index (Phi) is 6.20. The number of benzene rings is 1. The quantitative estimate of drug-likeness (QED) is 0.777. The van der Waals surface area contributed by atoms with E-state index < -0.39 is 0 Å². The summed E-state index contributed by atoms with van der Waals surface area (Å²) in [4.78, 5) is 11.9. The van der Waals surface area contributed by atoms with Crippen molar-refractivity contribution >= 4 is 5.91 Å². The van der Waals surface area contributed by atoms with E-state index in [-0.39, 0.29) is 5.91 Å². The molecule has 21 heavy (non-hydrogen) atoms. The van der Waals surface area contributed by atoms with Crippen LogP contribution in [-0.2, 0) is 4.74 Å². The summed E-state index contributed by atoms with van der Waals surface area (Å²) in [5.41, 5.74) is 1.13. The normalized spacial score (nSPS) is 15.4. The second-order valence-electron chi connectivity index (χ2n) is 5.12. The van der Waals surface area contributed by atoms with Crippen LogP contribution in [0, 0.1) is 11.3 Å². The Balaban J connectivity index is 1.61. The molecule has 2 N–H and O–H groups in total. The lowest BCUT2D eigenvalue weighted by Crippen LogP contribution is -2.33. The summed E-state index contributed by atoms with van der Waals surface area (Å²) in [5, 5.41) is 14.9. The molecule has 1 fully saturated rings. The smallest absolute Gasteiger partial charge is 0.251 e. The molecule has 0 aliphatic carbocycles. The van der Waals surface area contributed by atoms with E-state index in [0.717, 1.165) is 32.4 Å². The first-order valence-electron chi connectivity index (χ1n) is 7.40. The first kappa shape index (κ1) is 15.5. The number of carbonyl (C=O) groups is 1. The zero-order valence-corrected chi connectivity index (χ0v) is 12.1. The van der Waals surface area contributed by atoms with Crippen LogP contribution in [0.25, 0.3) is 0 Å². The molecule has 0 atom stereocenters. The molecule has 2 rings (SSSR count). The lowest BCUT2D eigenvalue weighted by Gasteiger charge is -2.22. The van der Waals surface area contributed by atoms with E-state index in [2.05, 4.69) is 10.6 Å². The van der Waals surface area contributed by atoms with Crippen molar-refractivity contribution in [1.82, 2.24) is 10.6 Å². The number of piperidine rings is 1. The second kappa shape index (κ2) is 8.40. The third-order valence-electron chi connectivity index (χ3n) is 3.52. The highest BCUT2D eigenvalue weighted by Gasteiger charge is 2.12. The minimum atomic E-state index is -0.110. The predicted octanol–water partition coefficient (Wildman–Crippen LogP) is 1.45. The van der Waals surface area contributed by atoms with E-state index in [4.69, 9.17) is 10.00 Å². The van der Waals surface area contributed by atoms with Gasteiger partial charge in [-0.1, -0.05) is 0 Å². The Morgan fingerprint density at radius 3 is 2.71 bits per heavy atom. The number of nitrogens with zero attached hydrogens (tertiary/aromatic N) is 1. The first-order chi connectivity index (χ1) is 10.3. The van der Waals surface area contributed by atoms with Gasteiger partial charge in [0.2, 0.25) is 0 Å². The fourth-order valence-corrected chi connectivity index (χ4v) is 2.28. The van der Waals surface area contributed by atoms with Gasteiger partial charge in [0.15, 0.2) is 0 Å². The van der Waals surface area contributed by atoms with Crippen LogP contribution in [0.4, 0.5) is 0 Å². The second-order valence-corrected chi connectivity index (χ2v) is 5.12. The van der Waals surface area contributed by atoms with Crippen molar-refractivity contribution in [2.45, 2.75) is 25.4 Å². The van der Waals surface area contributed by atoms with Crippen molar-refractivity contribution < 1.29 is 9.53 Å². The van der Waals surface area contributed by atoms with Gasteiger partial charge in [0, 0.05) is 18.7 Å². The average Bonchev–Trinajstić information content (AvgIpc) is 2.55.